The fraction of sp³-hybridized carbons (Fsp3) is 0.400. The molecule has 0 radical (unpaired) electrons. The fourth-order valence-corrected chi connectivity index (χ4v) is 1.95. The largest absolute Gasteiger partial charge is 0.368 e. The van der Waals surface area contributed by atoms with Gasteiger partial charge in [0.2, 0.25) is 5.91 Å². The number of nitrogens with zero attached hydrogens (tertiary/aromatic N) is 1. The van der Waals surface area contributed by atoms with Crippen LogP contribution < -0.4 is 11.1 Å². The Morgan fingerprint density at radius 2 is 2.40 bits per heavy atom. The smallest absolute Gasteiger partial charge is 0.238 e. The van der Waals surface area contributed by atoms with Gasteiger partial charge in [0.15, 0.2) is 0 Å². The molecule has 1 rings (SSSR count). The predicted octanol–water partition coefficient (Wildman–Crippen LogP) is 0.637. The summed E-state index contributed by atoms with van der Waals surface area (Å²) in [6.45, 7) is 1.78. The van der Waals surface area contributed by atoms with E-state index in [4.69, 9.17) is 5.73 Å². The second-order valence-corrected chi connectivity index (χ2v) is 4.40. The molecule has 15 heavy (non-hydrogen) atoms. The van der Waals surface area contributed by atoms with Crippen molar-refractivity contribution in [2.24, 2.45) is 5.73 Å². The highest BCUT2D eigenvalue weighted by Crippen LogP contribution is 2.19. The lowest BCUT2D eigenvalue weighted by Gasteiger charge is -2.24. The van der Waals surface area contributed by atoms with Gasteiger partial charge in [-0.2, -0.15) is 0 Å². The van der Waals surface area contributed by atoms with Gasteiger partial charge in [-0.1, -0.05) is 6.07 Å². The quantitative estimate of drug-likeness (QED) is 0.721. The monoisotopic (exact) mass is 225 g/mol. The third-order valence-corrected chi connectivity index (χ3v) is 3.50. The molecule has 3 N–H and O–H groups in total. The first-order valence-corrected chi connectivity index (χ1v) is 5.60. The van der Waals surface area contributed by atoms with E-state index in [-0.39, 0.29) is 5.91 Å². The van der Waals surface area contributed by atoms with Gasteiger partial charge in [0, 0.05) is 11.9 Å². The van der Waals surface area contributed by atoms with Crippen LogP contribution in [0.2, 0.25) is 0 Å². The maximum Gasteiger partial charge on any atom is 0.238 e. The SMILES string of the molecule is CNC(C)(CSc1ccccn1)C(N)=O. The molecule has 1 amide bonds. The summed E-state index contributed by atoms with van der Waals surface area (Å²) in [7, 11) is 1.73. The lowest BCUT2D eigenvalue weighted by atomic mass is 10.1. The van der Waals surface area contributed by atoms with Crippen molar-refractivity contribution in [2.45, 2.75) is 17.5 Å². The number of primary amides is 1. The lowest BCUT2D eigenvalue weighted by molar-refractivity contribution is -0.122. The Bertz CT molecular complexity index is 331. The zero-order chi connectivity index (χ0) is 11.3. The average molecular weight is 225 g/mol. The average Bonchev–Trinajstić information content (AvgIpc) is 2.27. The number of hydrogen-bond acceptors (Lipinski definition) is 4. The number of rotatable bonds is 5. The molecule has 1 heterocycles. The molecule has 82 valence electrons. The Kier molecular flexibility index (Phi) is 4.11. The van der Waals surface area contributed by atoms with E-state index < -0.39 is 5.54 Å². The van der Waals surface area contributed by atoms with Crippen molar-refractivity contribution in [3.8, 4) is 0 Å². The number of thioether (sulfide) groups is 1. The zero-order valence-corrected chi connectivity index (χ0v) is 9.67. The van der Waals surface area contributed by atoms with Crippen LogP contribution in [0.4, 0.5) is 0 Å². The zero-order valence-electron chi connectivity index (χ0n) is 8.86. The van der Waals surface area contributed by atoms with Crippen molar-refractivity contribution in [1.82, 2.24) is 10.3 Å². The molecule has 0 aliphatic rings. The van der Waals surface area contributed by atoms with Crippen LogP contribution in [-0.2, 0) is 4.79 Å². The van der Waals surface area contributed by atoms with Crippen LogP contribution in [0.5, 0.6) is 0 Å². The molecule has 1 aromatic rings. The van der Waals surface area contributed by atoms with Gasteiger partial charge in [-0.25, -0.2) is 4.98 Å². The van der Waals surface area contributed by atoms with E-state index in [2.05, 4.69) is 10.3 Å². The topological polar surface area (TPSA) is 68.0 Å². The van der Waals surface area contributed by atoms with Crippen molar-refractivity contribution in [1.29, 1.82) is 0 Å². The summed E-state index contributed by atoms with van der Waals surface area (Å²) >= 11 is 1.51. The third-order valence-electron chi connectivity index (χ3n) is 2.24. The minimum absolute atomic E-state index is 0.353. The van der Waals surface area contributed by atoms with Gasteiger partial charge in [0.1, 0.15) is 5.54 Å². The number of likely N-dealkylation sites (N-methyl/N-ethyl adjacent to an activating group) is 1. The standard InChI is InChI=1S/C10H15N3OS/c1-10(12-2,9(11)14)7-15-8-5-3-4-6-13-8/h3-6,12H,7H2,1-2H3,(H2,11,14). The van der Waals surface area contributed by atoms with E-state index in [1.807, 2.05) is 18.2 Å². The maximum atomic E-state index is 11.2. The summed E-state index contributed by atoms with van der Waals surface area (Å²) in [5, 5.41) is 3.81. The van der Waals surface area contributed by atoms with E-state index in [9.17, 15) is 4.79 Å². The number of hydrogen-bond donors (Lipinski definition) is 2. The lowest BCUT2D eigenvalue weighted by Crippen LogP contribution is -2.53. The number of aromatic nitrogens is 1. The number of nitrogens with two attached hydrogens (primary N) is 1. The Balaban J connectivity index is 2.59. The summed E-state index contributed by atoms with van der Waals surface area (Å²) in [4.78, 5) is 15.4. The second kappa shape index (κ2) is 5.14. The van der Waals surface area contributed by atoms with Crippen LogP contribution >= 0.6 is 11.8 Å². The first-order chi connectivity index (χ1) is 7.08. The number of carbonyl (C=O) groups is 1. The molecule has 5 heteroatoms. The molecule has 1 aromatic heterocycles. The summed E-state index contributed by atoms with van der Waals surface area (Å²) in [6.07, 6.45) is 1.73. The van der Waals surface area contributed by atoms with Crippen molar-refractivity contribution in [3.05, 3.63) is 24.4 Å². The van der Waals surface area contributed by atoms with Gasteiger partial charge in [-0.05, 0) is 26.1 Å². The van der Waals surface area contributed by atoms with E-state index in [1.54, 1.807) is 20.2 Å². The number of carbonyl (C=O) groups excluding carboxylic acids is 1. The summed E-state index contributed by atoms with van der Waals surface area (Å²) in [6, 6.07) is 5.67. The molecule has 0 spiro atoms. The molecule has 4 nitrogen and oxygen atoms in total. The molecular weight excluding hydrogens is 210 g/mol. The van der Waals surface area contributed by atoms with Crippen LogP contribution in [0.3, 0.4) is 0 Å². The first kappa shape index (κ1) is 12.0. The van der Waals surface area contributed by atoms with Gasteiger partial charge < -0.3 is 11.1 Å². The van der Waals surface area contributed by atoms with Crippen molar-refractivity contribution in [2.75, 3.05) is 12.8 Å². The van der Waals surface area contributed by atoms with E-state index >= 15 is 0 Å². The van der Waals surface area contributed by atoms with Gasteiger partial charge in [0.05, 0.1) is 5.03 Å². The second-order valence-electron chi connectivity index (χ2n) is 3.40. The van der Waals surface area contributed by atoms with Crippen LogP contribution in [-0.4, -0.2) is 29.2 Å². The van der Waals surface area contributed by atoms with Gasteiger partial charge in [0.25, 0.3) is 0 Å². The summed E-state index contributed by atoms with van der Waals surface area (Å²) in [5.74, 6) is 0.212. The molecule has 0 saturated carbocycles. The molecule has 1 unspecified atom stereocenters. The van der Waals surface area contributed by atoms with Crippen molar-refractivity contribution >= 4 is 17.7 Å². The van der Waals surface area contributed by atoms with Crippen LogP contribution in [0.25, 0.3) is 0 Å². The molecular formula is C10H15N3OS. The molecule has 0 aliphatic carbocycles. The Morgan fingerprint density at radius 3 is 2.87 bits per heavy atom. The molecule has 0 aliphatic heterocycles. The van der Waals surface area contributed by atoms with Crippen molar-refractivity contribution in [3.63, 3.8) is 0 Å². The molecule has 0 fully saturated rings. The Hall–Kier alpha value is -1.07. The van der Waals surface area contributed by atoms with Crippen LogP contribution in [0.15, 0.2) is 29.4 Å². The highest BCUT2D eigenvalue weighted by Gasteiger charge is 2.28. The molecule has 1 atom stereocenters. The third kappa shape index (κ3) is 3.21. The Morgan fingerprint density at radius 1 is 1.67 bits per heavy atom. The minimum atomic E-state index is -0.692. The summed E-state index contributed by atoms with van der Waals surface area (Å²) < 4.78 is 0. The summed E-state index contributed by atoms with van der Waals surface area (Å²) in [5.41, 5.74) is 4.62. The molecule has 0 bridgehead atoms. The van der Waals surface area contributed by atoms with Gasteiger partial charge >= 0.3 is 0 Å². The fourth-order valence-electron chi connectivity index (χ4n) is 0.917. The molecule has 0 aromatic carbocycles. The van der Waals surface area contributed by atoms with Crippen molar-refractivity contribution < 1.29 is 4.79 Å². The first-order valence-electron chi connectivity index (χ1n) is 4.61. The highest BCUT2D eigenvalue weighted by atomic mass is 32.2. The number of amides is 1. The minimum Gasteiger partial charge on any atom is -0.368 e. The highest BCUT2D eigenvalue weighted by molar-refractivity contribution is 7.99. The molecule has 0 saturated heterocycles. The van der Waals surface area contributed by atoms with E-state index in [0.29, 0.717) is 5.75 Å². The van der Waals surface area contributed by atoms with E-state index in [0.717, 1.165) is 5.03 Å². The number of pyridine rings is 1. The number of nitrogens with one attached hydrogen (secondary N) is 1. The normalized spacial score (nSPS) is 14.5. The van der Waals surface area contributed by atoms with Crippen LogP contribution in [0.1, 0.15) is 6.92 Å². The van der Waals surface area contributed by atoms with Gasteiger partial charge in [-0.3, -0.25) is 4.79 Å². The predicted molar refractivity (Wildman–Crippen MR) is 61.6 cm³/mol. The van der Waals surface area contributed by atoms with E-state index in [1.165, 1.54) is 11.8 Å². The Labute approximate surface area is 93.7 Å². The maximum absolute atomic E-state index is 11.2. The van der Waals surface area contributed by atoms with Gasteiger partial charge in [-0.15, -0.1) is 11.8 Å². The van der Waals surface area contributed by atoms with Crippen LogP contribution in [0, 0.1) is 0 Å².